The maximum atomic E-state index is 13.0. The average Bonchev–Trinajstić information content (AvgIpc) is 3.23. The minimum absolute atomic E-state index is 0.103. The summed E-state index contributed by atoms with van der Waals surface area (Å²) < 4.78 is 44.8. The lowest BCUT2D eigenvalue weighted by Crippen LogP contribution is -2.47. The highest BCUT2D eigenvalue weighted by molar-refractivity contribution is 6.30. The third kappa shape index (κ3) is 4.44. The summed E-state index contributed by atoms with van der Waals surface area (Å²) in [5.41, 5.74) is 0.705. The van der Waals surface area contributed by atoms with Crippen LogP contribution in [0.1, 0.15) is 24.4 Å². The fraction of sp³-hybridized carbons (Fsp3) is 0.333. The molecule has 0 bridgehead atoms. The number of anilines is 1. The largest absolute Gasteiger partial charge is 0.419 e. The van der Waals surface area contributed by atoms with Gasteiger partial charge < -0.3 is 9.32 Å². The van der Waals surface area contributed by atoms with Crippen molar-refractivity contribution >= 4 is 17.3 Å². The second kappa shape index (κ2) is 8.28. The molecule has 158 valence electrons. The van der Waals surface area contributed by atoms with Crippen LogP contribution in [0.4, 0.5) is 18.9 Å². The molecular weight excluding hydrogens is 417 g/mol. The van der Waals surface area contributed by atoms with Crippen LogP contribution in [0.2, 0.25) is 5.02 Å². The number of halogens is 4. The van der Waals surface area contributed by atoms with E-state index in [-0.39, 0.29) is 6.04 Å². The molecule has 1 aliphatic rings. The van der Waals surface area contributed by atoms with E-state index in [1.165, 1.54) is 12.1 Å². The number of rotatable bonds is 4. The van der Waals surface area contributed by atoms with Crippen LogP contribution in [-0.2, 0) is 6.18 Å². The van der Waals surface area contributed by atoms with Gasteiger partial charge >= 0.3 is 6.18 Å². The summed E-state index contributed by atoms with van der Waals surface area (Å²) in [6, 6.07) is 12.6. The summed E-state index contributed by atoms with van der Waals surface area (Å²) in [5.74, 6) is 0.902. The average molecular weight is 437 g/mol. The van der Waals surface area contributed by atoms with E-state index < -0.39 is 11.7 Å². The molecular formula is C21H20ClF3N4O. The molecule has 0 unspecified atom stereocenters. The van der Waals surface area contributed by atoms with E-state index in [2.05, 4.69) is 15.1 Å². The monoisotopic (exact) mass is 436 g/mol. The highest BCUT2D eigenvalue weighted by Crippen LogP contribution is 2.32. The van der Waals surface area contributed by atoms with Crippen molar-refractivity contribution in [2.45, 2.75) is 19.1 Å². The molecule has 1 aliphatic heterocycles. The molecule has 0 N–H and O–H groups in total. The third-order valence-electron chi connectivity index (χ3n) is 5.27. The third-order valence-corrected chi connectivity index (χ3v) is 5.51. The van der Waals surface area contributed by atoms with Gasteiger partial charge in [0.05, 0.1) is 11.6 Å². The summed E-state index contributed by atoms with van der Waals surface area (Å²) in [5, 5.41) is 8.88. The van der Waals surface area contributed by atoms with Crippen LogP contribution in [-0.4, -0.2) is 41.3 Å². The van der Waals surface area contributed by atoms with Gasteiger partial charge in [0.15, 0.2) is 0 Å². The Hall–Kier alpha value is -2.58. The molecule has 1 saturated heterocycles. The van der Waals surface area contributed by atoms with E-state index in [1.807, 2.05) is 24.0 Å². The molecule has 0 saturated carbocycles. The van der Waals surface area contributed by atoms with Gasteiger partial charge in [-0.25, -0.2) is 0 Å². The summed E-state index contributed by atoms with van der Waals surface area (Å²) >= 11 is 6.02. The Morgan fingerprint density at radius 1 is 1.00 bits per heavy atom. The number of nitrogens with zero attached hydrogens (tertiary/aromatic N) is 4. The number of alkyl halides is 3. The predicted octanol–water partition coefficient (Wildman–Crippen LogP) is 5.29. The van der Waals surface area contributed by atoms with Gasteiger partial charge in [0.1, 0.15) is 0 Å². The number of piperazine rings is 1. The molecule has 2 heterocycles. The number of aromatic nitrogens is 2. The van der Waals surface area contributed by atoms with E-state index in [1.54, 1.807) is 18.2 Å². The zero-order chi connectivity index (χ0) is 21.3. The first-order valence-corrected chi connectivity index (χ1v) is 9.94. The molecule has 2 aromatic carbocycles. The lowest BCUT2D eigenvalue weighted by atomic mass is 10.1. The highest BCUT2D eigenvalue weighted by Gasteiger charge is 2.31. The van der Waals surface area contributed by atoms with Crippen molar-refractivity contribution < 1.29 is 17.6 Å². The molecule has 9 heteroatoms. The Morgan fingerprint density at radius 2 is 1.73 bits per heavy atom. The SMILES string of the molecule is C[C@@H](c1nnc(-c2cccc(Cl)c2)o1)N1CCN(c2cccc(C(F)(F)F)c2)CC1. The highest BCUT2D eigenvalue weighted by atomic mass is 35.5. The van der Waals surface area contributed by atoms with Gasteiger partial charge in [0.2, 0.25) is 11.8 Å². The Morgan fingerprint density at radius 3 is 2.43 bits per heavy atom. The number of hydrogen-bond donors (Lipinski definition) is 0. The minimum atomic E-state index is -4.34. The van der Waals surface area contributed by atoms with Crippen LogP contribution < -0.4 is 4.90 Å². The van der Waals surface area contributed by atoms with Gasteiger partial charge in [0.25, 0.3) is 0 Å². The molecule has 0 radical (unpaired) electrons. The van der Waals surface area contributed by atoms with E-state index in [0.29, 0.717) is 48.7 Å². The van der Waals surface area contributed by atoms with Crippen molar-refractivity contribution in [3.05, 3.63) is 65.0 Å². The minimum Gasteiger partial charge on any atom is -0.419 e. The van der Waals surface area contributed by atoms with Gasteiger partial charge in [0, 0.05) is 42.5 Å². The van der Waals surface area contributed by atoms with E-state index in [9.17, 15) is 13.2 Å². The van der Waals surface area contributed by atoms with Gasteiger partial charge in [-0.05, 0) is 43.3 Å². The quantitative estimate of drug-likeness (QED) is 0.556. The fourth-order valence-electron chi connectivity index (χ4n) is 3.54. The number of benzene rings is 2. The zero-order valence-electron chi connectivity index (χ0n) is 16.2. The topological polar surface area (TPSA) is 45.4 Å². The first-order valence-electron chi connectivity index (χ1n) is 9.57. The Balaban J connectivity index is 1.41. The first-order chi connectivity index (χ1) is 14.3. The van der Waals surface area contributed by atoms with Crippen molar-refractivity contribution in [3.8, 4) is 11.5 Å². The van der Waals surface area contributed by atoms with Crippen LogP contribution in [0.5, 0.6) is 0 Å². The molecule has 4 rings (SSSR count). The summed E-state index contributed by atoms with van der Waals surface area (Å²) in [6.07, 6.45) is -4.34. The molecule has 1 fully saturated rings. The Labute approximate surface area is 177 Å². The summed E-state index contributed by atoms with van der Waals surface area (Å²) in [4.78, 5) is 4.14. The lowest BCUT2D eigenvalue weighted by Gasteiger charge is -2.38. The smallest absolute Gasteiger partial charge is 0.416 e. The fourth-order valence-corrected chi connectivity index (χ4v) is 3.73. The van der Waals surface area contributed by atoms with E-state index in [4.69, 9.17) is 16.0 Å². The molecule has 1 aromatic heterocycles. The second-order valence-corrected chi connectivity index (χ2v) is 7.64. The Bertz CT molecular complexity index is 1020. The first kappa shape index (κ1) is 20.7. The Kier molecular flexibility index (Phi) is 5.71. The van der Waals surface area contributed by atoms with Crippen LogP contribution in [0, 0.1) is 0 Å². The molecule has 0 spiro atoms. The molecule has 5 nitrogen and oxygen atoms in total. The van der Waals surface area contributed by atoms with Crippen LogP contribution in [0.25, 0.3) is 11.5 Å². The van der Waals surface area contributed by atoms with E-state index >= 15 is 0 Å². The molecule has 30 heavy (non-hydrogen) atoms. The van der Waals surface area contributed by atoms with Crippen LogP contribution in [0.15, 0.2) is 52.9 Å². The summed E-state index contributed by atoms with van der Waals surface area (Å²) in [7, 11) is 0. The molecule has 3 aromatic rings. The van der Waals surface area contributed by atoms with Crippen molar-refractivity contribution in [1.82, 2.24) is 15.1 Å². The van der Waals surface area contributed by atoms with Crippen molar-refractivity contribution in [1.29, 1.82) is 0 Å². The lowest BCUT2D eigenvalue weighted by molar-refractivity contribution is -0.137. The van der Waals surface area contributed by atoms with Gasteiger partial charge in [-0.3, -0.25) is 4.90 Å². The molecule has 0 aliphatic carbocycles. The van der Waals surface area contributed by atoms with Gasteiger partial charge in [-0.15, -0.1) is 10.2 Å². The molecule has 1 atom stereocenters. The number of hydrogen-bond acceptors (Lipinski definition) is 5. The maximum absolute atomic E-state index is 13.0. The molecule has 0 amide bonds. The van der Waals surface area contributed by atoms with Gasteiger partial charge in [-0.1, -0.05) is 23.7 Å². The standard InChI is InChI=1S/C21H20ClF3N4O/c1-14(19-26-27-20(30-19)15-4-2-6-17(22)12-15)28-8-10-29(11-9-28)18-7-3-5-16(13-18)21(23,24)25/h2-7,12-14H,8-11H2,1H3/t14-/m0/s1. The van der Waals surface area contributed by atoms with Gasteiger partial charge in [-0.2, -0.15) is 13.2 Å². The van der Waals surface area contributed by atoms with Crippen molar-refractivity contribution in [2.75, 3.05) is 31.1 Å². The van der Waals surface area contributed by atoms with E-state index in [0.717, 1.165) is 11.6 Å². The normalized spacial score (nSPS) is 16.6. The summed E-state index contributed by atoms with van der Waals surface area (Å²) in [6.45, 7) is 4.55. The van der Waals surface area contributed by atoms with Crippen LogP contribution in [0.3, 0.4) is 0 Å². The van der Waals surface area contributed by atoms with Crippen LogP contribution >= 0.6 is 11.6 Å². The predicted molar refractivity (Wildman–Crippen MR) is 108 cm³/mol. The second-order valence-electron chi connectivity index (χ2n) is 7.20. The van der Waals surface area contributed by atoms with Crippen molar-refractivity contribution in [2.24, 2.45) is 0 Å². The zero-order valence-corrected chi connectivity index (χ0v) is 17.0. The maximum Gasteiger partial charge on any atom is 0.416 e. The van der Waals surface area contributed by atoms with Crippen molar-refractivity contribution in [3.63, 3.8) is 0 Å².